The molecule has 1 aromatic rings. The predicted molar refractivity (Wildman–Crippen MR) is 96.6 cm³/mol. The Morgan fingerprint density at radius 2 is 1.71 bits per heavy atom. The molecule has 21 heavy (non-hydrogen) atoms. The molecule has 0 fully saturated rings. The van der Waals surface area contributed by atoms with Gasteiger partial charge in [-0.2, -0.15) is 0 Å². The summed E-state index contributed by atoms with van der Waals surface area (Å²) in [5.74, 6) is 0. The van der Waals surface area contributed by atoms with Gasteiger partial charge in [0.2, 0.25) is 0 Å². The van der Waals surface area contributed by atoms with Crippen LogP contribution in [0.25, 0.3) is 0 Å². The summed E-state index contributed by atoms with van der Waals surface area (Å²) in [5.41, 5.74) is 0. The number of unbranched alkanes of at least 4 members (excludes halogenated alkanes) is 2. The molecule has 5 heteroatoms. The monoisotopic (exact) mass is 438 g/mol. The summed E-state index contributed by atoms with van der Waals surface area (Å²) in [6.45, 7) is 6.52. The van der Waals surface area contributed by atoms with Crippen molar-refractivity contribution in [2.45, 2.75) is 70.5 Å². The van der Waals surface area contributed by atoms with Gasteiger partial charge in [0, 0.05) is 0 Å². The zero-order valence-electron chi connectivity index (χ0n) is 13.5. The average Bonchev–Trinajstić information content (AvgIpc) is 2.50. The predicted octanol–water partition coefficient (Wildman–Crippen LogP) is 4.97. The Hall–Kier alpha value is 0.459. The Labute approximate surface area is 143 Å². The molecular weight excluding hydrogens is 410 g/mol. The molecule has 2 atom stereocenters. The van der Waals surface area contributed by atoms with E-state index in [2.05, 4.69) is 18.8 Å². The molecule has 0 aliphatic heterocycles. The van der Waals surface area contributed by atoms with E-state index in [0.717, 1.165) is 4.44 Å². The number of rotatable bonds is 10. The molecule has 2 nitrogen and oxygen atoms in total. The van der Waals surface area contributed by atoms with E-state index in [4.69, 9.17) is 28.2 Å². The molecule has 120 valence electrons. The van der Waals surface area contributed by atoms with Crippen molar-refractivity contribution < 1.29 is 0 Å². The zero-order chi connectivity index (χ0) is 15.7. The van der Waals surface area contributed by atoms with Crippen molar-refractivity contribution in [1.29, 1.82) is 0 Å². The molecular formula is C16H28Cl2N2Sn. The molecule has 2 unspecified atom stereocenters. The van der Waals surface area contributed by atoms with Crippen LogP contribution >= 0.6 is 23.2 Å². The Morgan fingerprint density at radius 1 is 1.10 bits per heavy atom. The van der Waals surface area contributed by atoms with Gasteiger partial charge in [0.05, 0.1) is 0 Å². The normalized spacial score (nSPS) is 14.9. The first-order valence-electron chi connectivity index (χ1n) is 8.10. The molecule has 0 N–H and O–H groups in total. The van der Waals surface area contributed by atoms with Gasteiger partial charge in [0.25, 0.3) is 0 Å². The molecule has 0 aliphatic carbocycles. The van der Waals surface area contributed by atoms with Crippen molar-refractivity contribution in [2.75, 3.05) is 0 Å². The Morgan fingerprint density at radius 3 is 2.14 bits per heavy atom. The topological polar surface area (TPSA) is 25.8 Å². The van der Waals surface area contributed by atoms with Gasteiger partial charge >= 0.3 is 144 Å². The van der Waals surface area contributed by atoms with Crippen molar-refractivity contribution in [1.82, 2.24) is 9.97 Å². The van der Waals surface area contributed by atoms with Crippen LogP contribution in [0.4, 0.5) is 0 Å². The summed E-state index contributed by atoms with van der Waals surface area (Å²) in [6, 6.07) is 0. The van der Waals surface area contributed by atoms with Crippen LogP contribution in [0.3, 0.4) is 0 Å². The number of halogens is 2. The van der Waals surface area contributed by atoms with Gasteiger partial charge < -0.3 is 0 Å². The SMILES string of the molecule is CCC[CH2][Sn]([CH2]CCC)([CH2]C(Cl)C(C)Cl)[c]1cnccn1. The van der Waals surface area contributed by atoms with Crippen LogP contribution in [0.5, 0.6) is 0 Å². The van der Waals surface area contributed by atoms with E-state index in [-0.39, 0.29) is 10.8 Å². The first-order chi connectivity index (χ1) is 10.1. The molecule has 0 saturated heterocycles. The third kappa shape index (κ3) is 6.23. The van der Waals surface area contributed by atoms with Crippen LogP contribution in [0.1, 0.15) is 46.5 Å². The summed E-state index contributed by atoms with van der Waals surface area (Å²) in [5, 5.41) is 0.0702. The van der Waals surface area contributed by atoms with Crippen LogP contribution in [-0.4, -0.2) is 39.1 Å². The van der Waals surface area contributed by atoms with Crippen molar-refractivity contribution in [2.24, 2.45) is 0 Å². The van der Waals surface area contributed by atoms with Crippen LogP contribution in [0, 0.1) is 0 Å². The molecule has 0 bridgehead atoms. The van der Waals surface area contributed by atoms with Gasteiger partial charge in [-0.25, -0.2) is 0 Å². The second-order valence-corrected chi connectivity index (χ2v) is 20.0. The van der Waals surface area contributed by atoms with E-state index in [1.165, 1.54) is 38.3 Å². The first kappa shape index (κ1) is 19.5. The van der Waals surface area contributed by atoms with Gasteiger partial charge in [0.1, 0.15) is 0 Å². The quantitative estimate of drug-likeness (QED) is 0.381. The number of aromatic nitrogens is 2. The van der Waals surface area contributed by atoms with Gasteiger partial charge in [0.15, 0.2) is 0 Å². The number of hydrogen-bond donors (Lipinski definition) is 0. The Balaban J connectivity index is 3.07. The minimum absolute atomic E-state index is 0.0164. The molecule has 0 aliphatic rings. The third-order valence-corrected chi connectivity index (χ3v) is 20.7. The summed E-state index contributed by atoms with van der Waals surface area (Å²) >= 11 is 10.2. The molecule has 0 amide bonds. The second kappa shape index (κ2) is 10.3. The van der Waals surface area contributed by atoms with Gasteiger partial charge in [-0.1, -0.05) is 0 Å². The standard InChI is InChI=1S/C4H7Cl2.C4H3N2.2C4H9.Sn/c1-3(5)4(2)6;1-2-6-4-3-5-1;2*1-3-4-2;/h3-4H,1H2,2H3;1-3H;2*1,3-4H2,2H3;. The van der Waals surface area contributed by atoms with Crippen LogP contribution in [0.2, 0.25) is 13.3 Å². The zero-order valence-corrected chi connectivity index (χ0v) is 17.9. The summed E-state index contributed by atoms with van der Waals surface area (Å²) in [6.07, 6.45) is 10.6. The maximum absolute atomic E-state index is 6.58. The molecule has 1 rings (SSSR count). The first-order valence-corrected chi connectivity index (χ1v) is 16.5. The van der Waals surface area contributed by atoms with Crippen molar-refractivity contribution in [3.05, 3.63) is 18.6 Å². The fourth-order valence-corrected chi connectivity index (χ4v) is 20.3. The minimum atomic E-state index is -2.62. The van der Waals surface area contributed by atoms with Crippen molar-refractivity contribution in [3.8, 4) is 0 Å². The van der Waals surface area contributed by atoms with Crippen LogP contribution < -0.4 is 3.71 Å². The van der Waals surface area contributed by atoms with E-state index in [9.17, 15) is 0 Å². The number of alkyl halides is 2. The van der Waals surface area contributed by atoms with E-state index < -0.39 is 18.4 Å². The summed E-state index contributed by atoms with van der Waals surface area (Å²) in [7, 11) is 0. The van der Waals surface area contributed by atoms with Gasteiger partial charge in [-0.3, -0.25) is 0 Å². The maximum atomic E-state index is 6.58. The number of nitrogens with zero attached hydrogens (tertiary/aromatic N) is 2. The van der Waals surface area contributed by atoms with E-state index in [1.807, 2.05) is 19.3 Å². The molecule has 0 aromatic carbocycles. The van der Waals surface area contributed by atoms with E-state index in [0.29, 0.717) is 0 Å². The summed E-state index contributed by atoms with van der Waals surface area (Å²) in [4.78, 5) is 9.03. The fourth-order valence-electron chi connectivity index (χ4n) is 2.83. The van der Waals surface area contributed by atoms with Crippen molar-refractivity contribution >= 4 is 45.3 Å². The Bertz CT molecular complexity index is 379. The average molecular weight is 438 g/mol. The molecule has 1 aromatic heterocycles. The molecule has 1 heterocycles. The van der Waals surface area contributed by atoms with Gasteiger partial charge in [-0.05, 0) is 0 Å². The van der Waals surface area contributed by atoms with Gasteiger partial charge in [-0.15, -0.1) is 0 Å². The molecule has 0 spiro atoms. The van der Waals surface area contributed by atoms with Crippen LogP contribution in [-0.2, 0) is 0 Å². The van der Waals surface area contributed by atoms with E-state index in [1.54, 1.807) is 6.20 Å². The number of hydrogen-bond acceptors (Lipinski definition) is 2. The van der Waals surface area contributed by atoms with Crippen LogP contribution in [0.15, 0.2) is 18.6 Å². The summed E-state index contributed by atoms with van der Waals surface area (Å²) < 4.78 is 5.00. The van der Waals surface area contributed by atoms with Crippen molar-refractivity contribution in [3.63, 3.8) is 0 Å². The Kier molecular flexibility index (Phi) is 9.54. The fraction of sp³-hybridized carbons (Fsp3) is 0.750. The molecule has 0 radical (unpaired) electrons. The second-order valence-electron chi connectivity index (χ2n) is 5.98. The molecule has 0 saturated carbocycles. The van der Waals surface area contributed by atoms with E-state index >= 15 is 0 Å². The third-order valence-electron chi connectivity index (χ3n) is 4.21.